The van der Waals surface area contributed by atoms with Crippen LogP contribution < -0.4 is 0 Å². The predicted octanol–water partition coefficient (Wildman–Crippen LogP) is 9.27. The van der Waals surface area contributed by atoms with Crippen molar-refractivity contribution < 1.29 is 4.42 Å². The summed E-state index contributed by atoms with van der Waals surface area (Å²) in [4.78, 5) is 0. The van der Waals surface area contributed by atoms with Crippen molar-refractivity contribution in [2.24, 2.45) is 0 Å². The fourth-order valence-corrected chi connectivity index (χ4v) is 7.18. The smallest absolute Gasteiger partial charge is 0.145 e. The molecule has 9 aromatic rings. The zero-order chi connectivity index (χ0) is 31.8. The Morgan fingerprint density at radius 1 is 0.447 bits per heavy atom. The van der Waals surface area contributed by atoms with Gasteiger partial charge in [0.1, 0.15) is 35.4 Å². The van der Waals surface area contributed by atoms with E-state index in [0.29, 0.717) is 11.3 Å². The summed E-state index contributed by atoms with van der Waals surface area (Å²) in [6.45, 7) is 0. The highest BCUT2D eigenvalue weighted by atomic mass is 16.3. The van der Waals surface area contributed by atoms with E-state index in [1.165, 1.54) is 6.07 Å². The minimum atomic E-state index is -0.114. The zero-order valence-electron chi connectivity index (χ0n) is 24.5. The molecule has 0 fully saturated rings. The van der Waals surface area contributed by atoms with Gasteiger partial charge in [0.2, 0.25) is 0 Å². The maximum absolute atomic E-state index is 10.3. The zero-order valence-corrected chi connectivity index (χ0v) is 24.5. The normalized spacial score (nSPS) is 11.3. The molecule has 0 aliphatic rings. The first-order valence-electron chi connectivity index (χ1n) is 14.9. The molecule has 6 aromatic carbocycles. The van der Waals surface area contributed by atoms with Gasteiger partial charge in [-0.3, -0.25) is 0 Å². The van der Waals surface area contributed by atoms with E-state index in [9.17, 15) is 21.0 Å². The van der Waals surface area contributed by atoms with Gasteiger partial charge < -0.3 is 13.6 Å². The molecule has 0 aliphatic heterocycles. The highest BCUT2D eigenvalue weighted by molar-refractivity contribution is 6.29. The molecule has 7 nitrogen and oxygen atoms in total. The Morgan fingerprint density at radius 2 is 0.979 bits per heavy atom. The van der Waals surface area contributed by atoms with Gasteiger partial charge in [-0.05, 0) is 54.6 Å². The van der Waals surface area contributed by atoms with E-state index in [1.807, 2.05) is 89.5 Å². The summed E-state index contributed by atoms with van der Waals surface area (Å²) in [5, 5.41) is 45.7. The maximum Gasteiger partial charge on any atom is 0.145 e. The molecule has 9 rings (SSSR count). The van der Waals surface area contributed by atoms with Crippen LogP contribution in [0.3, 0.4) is 0 Å². The van der Waals surface area contributed by atoms with Gasteiger partial charge in [-0.1, -0.05) is 54.6 Å². The number of nitrogens with zero attached hydrogens (tertiary/aromatic N) is 6. The van der Waals surface area contributed by atoms with Gasteiger partial charge in [-0.25, -0.2) is 0 Å². The van der Waals surface area contributed by atoms with Gasteiger partial charge >= 0.3 is 0 Å². The van der Waals surface area contributed by atoms with E-state index in [-0.39, 0.29) is 22.3 Å². The summed E-state index contributed by atoms with van der Waals surface area (Å²) in [7, 11) is 0. The Balaban J connectivity index is 1.44. The Hall–Kier alpha value is -7.32. The van der Waals surface area contributed by atoms with Crippen LogP contribution >= 0.6 is 0 Å². The molecule has 0 saturated heterocycles. The van der Waals surface area contributed by atoms with Crippen molar-refractivity contribution in [3.63, 3.8) is 0 Å². The number of hydrogen-bond donors (Lipinski definition) is 0. The van der Waals surface area contributed by atoms with Crippen molar-refractivity contribution in [3.05, 3.63) is 131 Å². The molecule has 0 radical (unpaired) electrons. The van der Waals surface area contributed by atoms with Gasteiger partial charge in [0.15, 0.2) is 0 Å². The van der Waals surface area contributed by atoms with E-state index in [4.69, 9.17) is 4.42 Å². The molecule has 0 atom stereocenters. The van der Waals surface area contributed by atoms with Crippen molar-refractivity contribution >= 4 is 65.6 Å². The number of rotatable bonds is 2. The van der Waals surface area contributed by atoms with E-state index >= 15 is 0 Å². The molecule has 0 unspecified atom stereocenters. The average molecular weight is 599 g/mol. The molecule has 3 aromatic heterocycles. The number of aromatic nitrogens is 2. The number of furan rings is 1. The Kier molecular flexibility index (Phi) is 5.33. The minimum absolute atomic E-state index is 0.0332. The molecule has 7 heteroatoms. The van der Waals surface area contributed by atoms with Gasteiger partial charge in [0.25, 0.3) is 0 Å². The molecular weight excluding hydrogens is 580 g/mol. The van der Waals surface area contributed by atoms with Gasteiger partial charge in [-0.2, -0.15) is 21.0 Å². The van der Waals surface area contributed by atoms with E-state index in [1.54, 1.807) is 0 Å². The third kappa shape index (κ3) is 3.35. The fraction of sp³-hybridized carbons (Fsp3) is 0. The molecule has 0 aliphatic carbocycles. The van der Waals surface area contributed by atoms with Gasteiger partial charge in [0, 0.05) is 27.2 Å². The third-order valence-corrected chi connectivity index (χ3v) is 9.09. The number of nitriles is 4. The topological polar surface area (TPSA) is 118 Å². The van der Waals surface area contributed by atoms with Crippen molar-refractivity contribution in [3.8, 4) is 35.7 Å². The first-order chi connectivity index (χ1) is 23.2. The summed E-state index contributed by atoms with van der Waals surface area (Å²) in [6, 6.07) is 44.3. The first-order valence-corrected chi connectivity index (χ1v) is 14.9. The van der Waals surface area contributed by atoms with Crippen LogP contribution in [-0.2, 0) is 0 Å². The standard InChI is InChI=1S/C40H18N6O/c41-19-23-18-36(31(22-44)30(21-43)29(23)20-42)46-33-13-7-5-11-28(33)38-35(46)17-15-26-25-14-16-34-37(39(25)47-40(26)38)27-10-4-6-12-32(27)45(34)24-8-2-1-3-9-24/h1-18H. The second-order valence-electron chi connectivity index (χ2n) is 11.3. The highest BCUT2D eigenvalue weighted by Gasteiger charge is 2.25. The van der Waals surface area contributed by atoms with Crippen LogP contribution in [-0.4, -0.2) is 9.13 Å². The Bertz CT molecular complexity index is 3000. The average Bonchev–Trinajstić information content (AvgIpc) is 3.78. The quantitative estimate of drug-likeness (QED) is 0.196. The lowest BCUT2D eigenvalue weighted by Gasteiger charge is -2.12. The van der Waals surface area contributed by atoms with Crippen LogP contribution in [0.15, 0.2) is 114 Å². The molecule has 0 spiro atoms. The van der Waals surface area contributed by atoms with Crippen LogP contribution in [0.5, 0.6) is 0 Å². The van der Waals surface area contributed by atoms with Crippen LogP contribution in [0, 0.1) is 45.3 Å². The summed E-state index contributed by atoms with van der Waals surface area (Å²) in [5.74, 6) is 0. The van der Waals surface area contributed by atoms with Crippen molar-refractivity contribution in [1.29, 1.82) is 21.0 Å². The maximum atomic E-state index is 10.3. The number of hydrogen-bond acceptors (Lipinski definition) is 5. The first kappa shape index (κ1) is 26.1. The SMILES string of the molecule is N#Cc1cc(-n2c3ccccc3c3c4oc5c(ccc6c5c5ccccc5n6-c5ccccc5)c4ccc32)c(C#N)c(C#N)c1C#N. The number of fused-ring (bicyclic) bond motifs is 11. The molecule has 0 bridgehead atoms. The van der Waals surface area contributed by atoms with E-state index < -0.39 is 0 Å². The van der Waals surface area contributed by atoms with Crippen LogP contribution in [0.4, 0.5) is 0 Å². The highest BCUT2D eigenvalue weighted by Crippen LogP contribution is 2.45. The van der Waals surface area contributed by atoms with Gasteiger partial charge in [0.05, 0.1) is 60.8 Å². The molecule has 214 valence electrons. The lowest BCUT2D eigenvalue weighted by molar-refractivity contribution is 0.677. The molecule has 47 heavy (non-hydrogen) atoms. The monoisotopic (exact) mass is 598 g/mol. The molecular formula is C40H18N6O. The van der Waals surface area contributed by atoms with E-state index in [0.717, 1.165) is 65.7 Å². The largest absolute Gasteiger partial charge is 0.455 e. The third-order valence-electron chi connectivity index (χ3n) is 9.09. The lowest BCUT2D eigenvalue weighted by atomic mass is 9.96. The molecule has 3 heterocycles. The molecule has 0 amide bonds. The second kappa shape index (κ2) is 9.59. The number of benzene rings is 6. The van der Waals surface area contributed by atoms with Crippen LogP contribution in [0.25, 0.3) is 76.9 Å². The predicted molar refractivity (Wildman–Crippen MR) is 181 cm³/mol. The summed E-state index contributed by atoms with van der Waals surface area (Å²) >= 11 is 0. The summed E-state index contributed by atoms with van der Waals surface area (Å²) < 4.78 is 11.1. The van der Waals surface area contributed by atoms with Crippen molar-refractivity contribution in [1.82, 2.24) is 9.13 Å². The molecule has 0 N–H and O–H groups in total. The lowest BCUT2D eigenvalue weighted by Crippen LogP contribution is -2.04. The number of para-hydroxylation sites is 3. The van der Waals surface area contributed by atoms with Crippen molar-refractivity contribution in [2.75, 3.05) is 0 Å². The molecule has 0 saturated carbocycles. The minimum Gasteiger partial charge on any atom is -0.455 e. The second-order valence-corrected chi connectivity index (χ2v) is 11.3. The van der Waals surface area contributed by atoms with Gasteiger partial charge in [-0.15, -0.1) is 0 Å². The summed E-state index contributed by atoms with van der Waals surface area (Å²) in [6.07, 6.45) is 0. The van der Waals surface area contributed by atoms with Crippen LogP contribution in [0.2, 0.25) is 0 Å². The van der Waals surface area contributed by atoms with Crippen molar-refractivity contribution in [2.45, 2.75) is 0 Å². The fourth-order valence-electron chi connectivity index (χ4n) is 7.18. The summed E-state index contributed by atoms with van der Waals surface area (Å²) in [5.41, 5.74) is 6.38. The van der Waals surface area contributed by atoms with E-state index in [2.05, 4.69) is 47.0 Å². The Morgan fingerprint density at radius 3 is 1.55 bits per heavy atom. The van der Waals surface area contributed by atoms with Crippen LogP contribution in [0.1, 0.15) is 22.3 Å². The Labute approximate surface area is 266 Å².